The maximum atomic E-state index is 11.5. The van der Waals surface area contributed by atoms with Gasteiger partial charge in [0.2, 0.25) is 5.91 Å². The maximum absolute atomic E-state index is 11.5. The fourth-order valence-electron chi connectivity index (χ4n) is 4.41. The molecule has 6 nitrogen and oxygen atoms in total. The van der Waals surface area contributed by atoms with Crippen LogP contribution in [0.4, 0.5) is 0 Å². The number of rotatable bonds is 5. The molecule has 0 bridgehead atoms. The van der Waals surface area contributed by atoms with Crippen molar-refractivity contribution in [1.29, 1.82) is 0 Å². The minimum Gasteiger partial charge on any atom is -0.492 e. The van der Waals surface area contributed by atoms with Crippen LogP contribution in [0.15, 0.2) is 42.7 Å². The lowest BCUT2D eigenvalue weighted by molar-refractivity contribution is -0.130. The van der Waals surface area contributed by atoms with E-state index in [1.807, 2.05) is 23.4 Å². The largest absolute Gasteiger partial charge is 0.492 e. The number of ether oxygens (including phenoxy) is 1. The molecule has 2 aromatic rings. The normalized spacial score (nSPS) is 18.9. The molecule has 3 heterocycles. The predicted molar refractivity (Wildman–Crippen MR) is 117 cm³/mol. The third-order valence-electron chi connectivity index (χ3n) is 6.24. The molecule has 2 aliphatic heterocycles. The fourth-order valence-corrected chi connectivity index (χ4v) is 4.41. The summed E-state index contributed by atoms with van der Waals surface area (Å²) >= 11 is 0. The van der Waals surface area contributed by atoms with Crippen LogP contribution in [-0.2, 0) is 24.3 Å². The Morgan fingerprint density at radius 1 is 1.13 bits per heavy atom. The van der Waals surface area contributed by atoms with Crippen molar-refractivity contribution in [3.05, 3.63) is 59.4 Å². The summed E-state index contributed by atoms with van der Waals surface area (Å²) in [6.07, 6.45) is 4.78. The summed E-state index contributed by atoms with van der Waals surface area (Å²) in [7, 11) is 0. The number of carbonyl (C=O) groups is 1. The van der Waals surface area contributed by atoms with Gasteiger partial charge in [0.1, 0.15) is 12.4 Å². The van der Waals surface area contributed by atoms with Crippen molar-refractivity contribution in [2.75, 3.05) is 39.3 Å². The van der Waals surface area contributed by atoms with Crippen molar-refractivity contribution < 1.29 is 9.53 Å². The first-order chi connectivity index (χ1) is 14.6. The number of carbonyl (C=O) groups excluding carboxylic acids is 1. The predicted octanol–water partition coefficient (Wildman–Crippen LogP) is 2.57. The summed E-state index contributed by atoms with van der Waals surface area (Å²) in [6.45, 7) is 10.9. The Morgan fingerprint density at radius 3 is 2.70 bits per heavy atom. The summed E-state index contributed by atoms with van der Waals surface area (Å²) in [4.78, 5) is 22.7. The number of nitrogens with zero attached hydrogens (tertiary/aromatic N) is 4. The van der Waals surface area contributed by atoms with E-state index in [1.165, 1.54) is 16.7 Å². The third-order valence-corrected chi connectivity index (χ3v) is 6.24. The molecule has 0 radical (unpaired) electrons. The SMILES string of the molecule is CC(=O)N1CCN(Cc2ccc3c(c2)CN([C@@H](C)Cc2cccnc2)CCO3)CC1. The molecule has 0 aliphatic carbocycles. The molecule has 6 heteroatoms. The number of pyridine rings is 1. The Balaban J connectivity index is 1.40. The summed E-state index contributed by atoms with van der Waals surface area (Å²) in [5, 5.41) is 0. The number of hydrogen-bond donors (Lipinski definition) is 0. The molecule has 0 spiro atoms. The van der Waals surface area contributed by atoms with Crippen LogP contribution in [0.2, 0.25) is 0 Å². The van der Waals surface area contributed by atoms with E-state index in [2.05, 4.69) is 46.0 Å². The highest BCUT2D eigenvalue weighted by atomic mass is 16.5. The standard InChI is InChI=1S/C24H32N4O2/c1-19(14-21-4-3-7-25-16-21)28-12-13-30-24-6-5-22(15-23(24)18-28)17-26-8-10-27(11-9-26)20(2)29/h3-7,15-16,19H,8-14,17-18H2,1-2H3/t19-/m0/s1. The molecule has 30 heavy (non-hydrogen) atoms. The Hall–Kier alpha value is -2.44. The summed E-state index contributed by atoms with van der Waals surface area (Å²) in [5.41, 5.74) is 3.86. The van der Waals surface area contributed by atoms with E-state index in [-0.39, 0.29) is 5.91 Å². The molecule has 1 amide bonds. The van der Waals surface area contributed by atoms with Crippen molar-refractivity contribution in [3.63, 3.8) is 0 Å². The van der Waals surface area contributed by atoms with Crippen molar-refractivity contribution in [2.45, 2.75) is 39.4 Å². The van der Waals surface area contributed by atoms with E-state index < -0.39 is 0 Å². The van der Waals surface area contributed by atoms with Gasteiger partial charge in [0, 0.05) is 76.7 Å². The molecule has 4 rings (SSSR count). The number of hydrogen-bond acceptors (Lipinski definition) is 5. The lowest BCUT2D eigenvalue weighted by Crippen LogP contribution is -2.47. The van der Waals surface area contributed by atoms with Crippen LogP contribution in [-0.4, -0.2) is 71.0 Å². The number of benzene rings is 1. The second kappa shape index (κ2) is 9.58. The van der Waals surface area contributed by atoms with Crippen molar-refractivity contribution in [3.8, 4) is 5.75 Å². The smallest absolute Gasteiger partial charge is 0.219 e. The van der Waals surface area contributed by atoms with Crippen LogP contribution in [0.25, 0.3) is 0 Å². The first-order valence-corrected chi connectivity index (χ1v) is 10.9. The first-order valence-electron chi connectivity index (χ1n) is 10.9. The zero-order valence-corrected chi connectivity index (χ0v) is 18.1. The lowest BCUT2D eigenvalue weighted by atomic mass is 10.1. The van der Waals surface area contributed by atoms with Gasteiger partial charge in [-0.25, -0.2) is 0 Å². The average molecular weight is 409 g/mol. The van der Waals surface area contributed by atoms with Gasteiger partial charge in [0.25, 0.3) is 0 Å². The van der Waals surface area contributed by atoms with E-state index in [1.54, 1.807) is 6.92 Å². The molecule has 1 atom stereocenters. The van der Waals surface area contributed by atoms with E-state index in [9.17, 15) is 4.79 Å². The molecule has 1 aromatic carbocycles. The summed E-state index contributed by atoms with van der Waals surface area (Å²) < 4.78 is 6.05. The van der Waals surface area contributed by atoms with Gasteiger partial charge >= 0.3 is 0 Å². The molecule has 1 saturated heterocycles. The van der Waals surface area contributed by atoms with E-state index in [0.29, 0.717) is 6.04 Å². The van der Waals surface area contributed by atoms with E-state index in [0.717, 1.165) is 64.6 Å². The van der Waals surface area contributed by atoms with Crippen LogP contribution in [0.1, 0.15) is 30.5 Å². The van der Waals surface area contributed by atoms with Gasteiger partial charge in [-0.2, -0.15) is 0 Å². The zero-order valence-electron chi connectivity index (χ0n) is 18.1. The van der Waals surface area contributed by atoms with Gasteiger partial charge in [0.15, 0.2) is 0 Å². The highest BCUT2D eigenvalue weighted by molar-refractivity contribution is 5.73. The van der Waals surface area contributed by atoms with Crippen LogP contribution < -0.4 is 4.74 Å². The van der Waals surface area contributed by atoms with Crippen molar-refractivity contribution in [2.24, 2.45) is 0 Å². The summed E-state index contributed by atoms with van der Waals surface area (Å²) in [6, 6.07) is 11.2. The zero-order chi connectivity index (χ0) is 20.9. The van der Waals surface area contributed by atoms with Crippen LogP contribution in [0.3, 0.4) is 0 Å². The lowest BCUT2D eigenvalue weighted by Gasteiger charge is -2.34. The van der Waals surface area contributed by atoms with Gasteiger partial charge in [-0.05, 0) is 42.7 Å². The third kappa shape index (κ3) is 5.18. The van der Waals surface area contributed by atoms with Crippen LogP contribution in [0.5, 0.6) is 5.75 Å². The minimum atomic E-state index is 0.178. The van der Waals surface area contributed by atoms with Crippen molar-refractivity contribution in [1.82, 2.24) is 19.7 Å². The fraction of sp³-hybridized carbons (Fsp3) is 0.500. The molecular formula is C24H32N4O2. The quantitative estimate of drug-likeness (QED) is 0.761. The van der Waals surface area contributed by atoms with Crippen LogP contribution in [0, 0.1) is 0 Å². The van der Waals surface area contributed by atoms with Gasteiger partial charge < -0.3 is 9.64 Å². The topological polar surface area (TPSA) is 48.9 Å². The monoisotopic (exact) mass is 408 g/mol. The molecule has 0 unspecified atom stereocenters. The molecule has 1 fully saturated rings. The van der Waals surface area contributed by atoms with Crippen LogP contribution >= 0.6 is 0 Å². The summed E-state index contributed by atoms with van der Waals surface area (Å²) in [5.74, 6) is 1.19. The molecule has 1 aromatic heterocycles. The van der Waals surface area contributed by atoms with Gasteiger partial charge in [-0.1, -0.05) is 12.1 Å². The van der Waals surface area contributed by atoms with Crippen molar-refractivity contribution >= 4 is 5.91 Å². The average Bonchev–Trinajstić information content (AvgIpc) is 2.97. The Kier molecular flexibility index (Phi) is 6.65. The van der Waals surface area contributed by atoms with Gasteiger partial charge in [-0.3, -0.25) is 19.6 Å². The first kappa shape index (κ1) is 20.8. The van der Waals surface area contributed by atoms with Gasteiger partial charge in [0.05, 0.1) is 0 Å². The molecule has 0 N–H and O–H groups in total. The number of fused-ring (bicyclic) bond motifs is 1. The van der Waals surface area contributed by atoms with Gasteiger partial charge in [-0.15, -0.1) is 0 Å². The molecular weight excluding hydrogens is 376 g/mol. The Morgan fingerprint density at radius 2 is 1.97 bits per heavy atom. The van der Waals surface area contributed by atoms with E-state index >= 15 is 0 Å². The maximum Gasteiger partial charge on any atom is 0.219 e. The highest BCUT2D eigenvalue weighted by Crippen LogP contribution is 2.26. The number of piperazine rings is 1. The molecule has 160 valence electrons. The Bertz CT molecular complexity index is 850. The molecule has 0 saturated carbocycles. The number of amides is 1. The van der Waals surface area contributed by atoms with E-state index in [4.69, 9.17) is 4.74 Å². The minimum absolute atomic E-state index is 0.178. The second-order valence-corrected chi connectivity index (χ2v) is 8.46. The second-order valence-electron chi connectivity index (χ2n) is 8.46. The molecule has 2 aliphatic rings. The Labute approximate surface area is 179 Å². The highest BCUT2D eigenvalue weighted by Gasteiger charge is 2.22. The number of aromatic nitrogens is 1.